The zero-order valence-electron chi connectivity index (χ0n) is 17.7. The number of unbranched alkanes of at least 4 members (excludes halogenated alkanes) is 1. The van der Waals surface area contributed by atoms with E-state index in [1.54, 1.807) is 48.5 Å². The maximum absolute atomic E-state index is 11.9. The fourth-order valence-electron chi connectivity index (χ4n) is 2.50. The van der Waals surface area contributed by atoms with E-state index in [1.165, 1.54) is 17.6 Å². The number of hydrogen-bond acceptors (Lipinski definition) is 7. The first-order valence-electron chi connectivity index (χ1n) is 10.2. The van der Waals surface area contributed by atoms with Crippen molar-refractivity contribution in [3.8, 4) is 17.2 Å². The summed E-state index contributed by atoms with van der Waals surface area (Å²) in [4.78, 5) is 24.4. The monoisotopic (exact) mass is 452 g/mol. The molecular formula is C24H24N2O5S. The second-order valence-corrected chi connectivity index (χ2v) is 7.64. The molecule has 1 N–H and O–H groups in total. The lowest BCUT2D eigenvalue weighted by Gasteiger charge is -2.08. The van der Waals surface area contributed by atoms with E-state index in [0.717, 1.165) is 24.2 Å². The third-order valence-electron chi connectivity index (χ3n) is 4.18. The molecule has 3 rings (SSSR count). The molecule has 0 aliphatic rings. The molecule has 0 aliphatic carbocycles. The molecule has 0 saturated carbocycles. The molecule has 7 nitrogen and oxygen atoms in total. The molecule has 0 aliphatic heterocycles. The van der Waals surface area contributed by atoms with Crippen molar-refractivity contribution in [2.24, 2.45) is 5.10 Å². The molecule has 32 heavy (non-hydrogen) atoms. The predicted molar refractivity (Wildman–Crippen MR) is 124 cm³/mol. The maximum Gasteiger partial charge on any atom is 0.353 e. The Balaban J connectivity index is 1.38. The van der Waals surface area contributed by atoms with Gasteiger partial charge in [0.25, 0.3) is 5.91 Å². The highest BCUT2D eigenvalue weighted by molar-refractivity contribution is 7.12. The SMILES string of the molecule is CCCCOc1ccc(OCC(=O)NN=Cc2ccc(OC(=O)c3cccs3)cc2)cc1. The van der Waals surface area contributed by atoms with Crippen LogP contribution in [0.25, 0.3) is 0 Å². The van der Waals surface area contributed by atoms with Crippen molar-refractivity contribution in [2.75, 3.05) is 13.2 Å². The fourth-order valence-corrected chi connectivity index (χ4v) is 3.10. The van der Waals surface area contributed by atoms with Crippen LogP contribution in [-0.2, 0) is 4.79 Å². The third kappa shape index (κ3) is 7.55. The Kier molecular flexibility index (Phi) is 8.82. The van der Waals surface area contributed by atoms with Crippen LogP contribution in [0.2, 0.25) is 0 Å². The molecule has 2 aromatic carbocycles. The van der Waals surface area contributed by atoms with E-state index in [1.807, 2.05) is 17.5 Å². The molecule has 0 unspecified atom stereocenters. The van der Waals surface area contributed by atoms with Gasteiger partial charge < -0.3 is 14.2 Å². The number of carbonyl (C=O) groups is 2. The lowest BCUT2D eigenvalue weighted by Crippen LogP contribution is -2.24. The van der Waals surface area contributed by atoms with Crippen molar-refractivity contribution >= 4 is 29.4 Å². The first-order valence-corrected chi connectivity index (χ1v) is 11.1. The average Bonchev–Trinajstić information content (AvgIpc) is 3.35. The lowest BCUT2D eigenvalue weighted by molar-refractivity contribution is -0.123. The smallest absolute Gasteiger partial charge is 0.353 e. The first kappa shape index (κ1) is 23.0. The number of nitrogens with one attached hydrogen (secondary N) is 1. The number of amides is 1. The van der Waals surface area contributed by atoms with Crippen LogP contribution in [0.5, 0.6) is 17.2 Å². The minimum absolute atomic E-state index is 0.162. The van der Waals surface area contributed by atoms with Gasteiger partial charge in [-0.25, -0.2) is 10.2 Å². The van der Waals surface area contributed by atoms with E-state index < -0.39 is 5.97 Å². The van der Waals surface area contributed by atoms with Gasteiger partial charge in [-0.3, -0.25) is 4.79 Å². The number of benzene rings is 2. The summed E-state index contributed by atoms with van der Waals surface area (Å²) in [7, 11) is 0. The van der Waals surface area contributed by atoms with Gasteiger partial charge in [0.1, 0.15) is 22.1 Å². The van der Waals surface area contributed by atoms with Gasteiger partial charge in [-0.2, -0.15) is 5.10 Å². The van der Waals surface area contributed by atoms with Crippen LogP contribution in [0.1, 0.15) is 35.0 Å². The van der Waals surface area contributed by atoms with Crippen molar-refractivity contribution in [1.82, 2.24) is 5.43 Å². The second-order valence-electron chi connectivity index (χ2n) is 6.69. The van der Waals surface area contributed by atoms with Crippen LogP contribution < -0.4 is 19.6 Å². The Hall–Kier alpha value is -3.65. The Morgan fingerprint density at radius 3 is 2.31 bits per heavy atom. The quantitative estimate of drug-likeness (QED) is 0.150. The van der Waals surface area contributed by atoms with Gasteiger partial charge in [-0.05, 0) is 72.0 Å². The van der Waals surface area contributed by atoms with Crippen LogP contribution in [0.4, 0.5) is 0 Å². The number of carbonyl (C=O) groups excluding carboxylic acids is 2. The molecule has 3 aromatic rings. The molecule has 0 fully saturated rings. The van der Waals surface area contributed by atoms with Crippen molar-refractivity contribution in [2.45, 2.75) is 19.8 Å². The zero-order chi connectivity index (χ0) is 22.6. The van der Waals surface area contributed by atoms with E-state index in [-0.39, 0.29) is 12.5 Å². The normalized spacial score (nSPS) is 10.7. The van der Waals surface area contributed by atoms with Crippen molar-refractivity contribution in [3.63, 3.8) is 0 Å². The van der Waals surface area contributed by atoms with Gasteiger partial charge in [0.2, 0.25) is 0 Å². The van der Waals surface area contributed by atoms with Gasteiger partial charge in [0, 0.05) is 0 Å². The third-order valence-corrected chi connectivity index (χ3v) is 5.03. The molecule has 0 spiro atoms. The Morgan fingerprint density at radius 1 is 0.969 bits per heavy atom. The highest BCUT2D eigenvalue weighted by Crippen LogP contribution is 2.18. The minimum Gasteiger partial charge on any atom is -0.494 e. The Bertz CT molecular complexity index is 1020. The second kappa shape index (κ2) is 12.3. The summed E-state index contributed by atoms with van der Waals surface area (Å²) in [6.07, 6.45) is 3.58. The molecular weight excluding hydrogens is 428 g/mol. The predicted octanol–water partition coefficient (Wildman–Crippen LogP) is 4.68. The summed E-state index contributed by atoms with van der Waals surface area (Å²) in [5.41, 5.74) is 3.15. The number of hydrazone groups is 1. The van der Waals surface area contributed by atoms with Crippen LogP contribution in [0.15, 0.2) is 71.1 Å². The van der Waals surface area contributed by atoms with Crippen molar-refractivity contribution < 1.29 is 23.8 Å². The molecule has 166 valence electrons. The standard InChI is InChI=1S/C24H24N2O5S/c1-2-3-14-29-19-10-12-20(13-11-19)30-17-23(27)26-25-16-18-6-8-21(9-7-18)31-24(28)22-5-4-15-32-22/h4-13,15-16H,2-3,14,17H2,1H3,(H,26,27). The number of thiophene rings is 1. The molecule has 1 aromatic heterocycles. The number of rotatable bonds is 11. The molecule has 0 atom stereocenters. The minimum atomic E-state index is -0.396. The largest absolute Gasteiger partial charge is 0.494 e. The summed E-state index contributed by atoms with van der Waals surface area (Å²) in [6, 6.07) is 17.4. The molecule has 8 heteroatoms. The van der Waals surface area contributed by atoms with E-state index in [9.17, 15) is 9.59 Å². The molecule has 1 amide bonds. The van der Waals surface area contributed by atoms with Gasteiger partial charge in [0.15, 0.2) is 6.61 Å². The summed E-state index contributed by atoms with van der Waals surface area (Å²) in [5, 5.41) is 5.73. The van der Waals surface area contributed by atoms with Gasteiger partial charge >= 0.3 is 5.97 Å². The summed E-state index contributed by atoms with van der Waals surface area (Å²) >= 11 is 1.32. The van der Waals surface area contributed by atoms with Gasteiger partial charge in [-0.1, -0.05) is 19.4 Å². The van der Waals surface area contributed by atoms with Gasteiger partial charge in [-0.15, -0.1) is 11.3 Å². The lowest BCUT2D eigenvalue weighted by atomic mass is 10.2. The fraction of sp³-hybridized carbons (Fsp3) is 0.208. The summed E-state index contributed by atoms with van der Waals surface area (Å²) < 4.78 is 16.3. The number of hydrogen-bond donors (Lipinski definition) is 1. The first-order chi connectivity index (χ1) is 15.6. The topological polar surface area (TPSA) is 86.2 Å². The highest BCUT2D eigenvalue weighted by atomic mass is 32.1. The van der Waals surface area contributed by atoms with E-state index in [4.69, 9.17) is 14.2 Å². The number of ether oxygens (including phenoxy) is 3. The molecule has 0 saturated heterocycles. The van der Waals surface area contributed by atoms with E-state index >= 15 is 0 Å². The maximum atomic E-state index is 11.9. The summed E-state index contributed by atoms with van der Waals surface area (Å²) in [5.74, 6) is 0.991. The average molecular weight is 453 g/mol. The highest BCUT2D eigenvalue weighted by Gasteiger charge is 2.09. The summed E-state index contributed by atoms with van der Waals surface area (Å²) in [6.45, 7) is 2.63. The van der Waals surface area contributed by atoms with Crippen LogP contribution in [0, 0.1) is 0 Å². The Morgan fingerprint density at radius 2 is 1.66 bits per heavy atom. The number of nitrogens with zero attached hydrogens (tertiary/aromatic N) is 1. The van der Waals surface area contributed by atoms with E-state index in [0.29, 0.717) is 23.0 Å². The number of esters is 1. The van der Waals surface area contributed by atoms with Crippen LogP contribution in [-0.4, -0.2) is 31.3 Å². The van der Waals surface area contributed by atoms with Crippen molar-refractivity contribution in [3.05, 3.63) is 76.5 Å². The zero-order valence-corrected chi connectivity index (χ0v) is 18.5. The van der Waals surface area contributed by atoms with Gasteiger partial charge in [0.05, 0.1) is 12.8 Å². The van der Waals surface area contributed by atoms with Crippen molar-refractivity contribution in [1.29, 1.82) is 0 Å². The Labute approximate surface area is 190 Å². The molecule has 0 bridgehead atoms. The van der Waals surface area contributed by atoms with Crippen LogP contribution in [0.3, 0.4) is 0 Å². The molecule has 0 radical (unpaired) electrons. The molecule has 1 heterocycles. The van der Waals surface area contributed by atoms with Crippen LogP contribution >= 0.6 is 11.3 Å². The van der Waals surface area contributed by atoms with E-state index in [2.05, 4.69) is 17.5 Å².